The van der Waals surface area contributed by atoms with Gasteiger partial charge < -0.3 is 0 Å². The molecule has 0 N–H and O–H groups in total. The standard InChI is InChI=1S/C2H6O2S.CH2O2S/c1-5(2,3)4;1-4(2)3/h1-2H3;1H2. The Balaban J connectivity index is 0. The van der Waals surface area contributed by atoms with E-state index in [0.717, 1.165) is 12.5 Å². The van der Waals surface area contributed by atoms with Gasteiger partial charge in [0.05, 0.1) is 0 Å². The van der Waals surface area contributed by atoms with Gasteiger partial charge in [0.1, 0.15) is 9.84 Å². The van der Waals surface area contributed by atoms with Gasteiger partial charge in [-0.3, -0.25) is 0 Å². The molecule has 0 saturated carbocycles. The van der Waals surface area contributed by atoms with Gasteiger partial charge in [0, 0.05) is 18.4 Å². The first-order valence-corrected chi connectivity index (χ1v) is 5.32. The fourth-order valence-electron chi connectivity index (χ4n) is 0. The zero-order valence-electron chi connectivity index (χ0n) is 5.16. The van der Waals surface area contributed by atoms with Crippen LogP contribution < -0.4 is 0 Å². The molecule has 0 amide bonds. The highest BCUT2D eigenvalue weighted by molar-refractivity contribution is 7.89. The van der Waals surface area contributed by atoms with Crippen LogP contribution in [0.15, 0.2) is 0 Å². The molecule has 0 aromatic heterocycles. The van der Waals surface area contributed by atoms with E-state index in [9.17, 15) is 8.42 Å². The summed E-state index contributed by atoms with van der Waals surface area (Å²) in [7, 11) is -4.78. The van der Waals surface area contributed by atoms with Gasteiger partial charge in [0.25, 0.3) is 0 Å². The Hall–Kier alpha value is -0.360. The highest BCUT2D eigenvalue weighted by atomic mass is 32.2. The maximum absolute atomic E-state index is 9.63. The Morgan fingerprint density at radius 1 is 1.22 bits per heavy atom. The average molecular weight is 172 g/mol. The zero-order valence-corrected chi connectivity index (χ0v) is 6.79. The summed E-state index contributed by atoms with van der Waals surface area (Å²) in [6, 6.07) is 0. The minimum Gasteiger partial charge on any atom is -0.229 e. The Morgan fingerprint density at radius 2 is 1.22 bits per heavy atom. The summed E-state index contributed by atoms with van der Waals surface area (Å²) < 4.78 is 37.0. The fourth-order valence-corrected chi connectivity index (χ4v) is 0. The third kappa shape index (κ3) is 1880. The molecule has 0 rings (SSSR count). The quantitative estimate of drug-likeness (QED) is 0.438. The molecule has 4 nitrogen and oxygen atoms in total. The van der Waals surface area contributed by atoms with Crippen molar-refractivity contribution in [2.24, 2.45) is 0 Å². The molecule has 0 aliphatic heterocycles. The highest BCUT2D eigenvalue weighted by Gasteiger charge is 1.79. The van der Waals surface area contributed by atoms with Gasteiger partial charge in [-0.1, -0.05) is 0 Å². The van der Waals surface area contributed by atoms with E-state index in [0.29, 0.717) is 0 Å². The second-order valence-corrected chi connectivity index (χ2v) is 4.34. The molecule has 0 aliphatic carbocycles. The lowest BCUT2D eigenvalue weighted by atomic mass is 11.9. The molecular formula is C3H8O4S2. The first-order valence-electron chi connectivity index (χ1n) is 1.77. The molecule has 0 spiro atoms. The van der Waals surface area contributed by atoms with Crippen molar-refractivity contribution in [1.82, 2.24) is 0 Å². The number of rotatable bonds is 0. The lowest BCUT2D eigenvalue weighted by Gasteiger charge is -1.69. The molecule has 0 saturated heterocycles. The predicted molar refractivity (Wildman–Crippen MR) is 36.8 cm³/mol. The normalized spacial score (nSPS) is 9.11. The summed E-state index contributed by atoms with van der Waals surface area (Å²) in [5.41, 5.74) is 0. The van der Waals surface area contributed by atoms with E-state index in [4.69, 9.17) is 8.42 Å². The summed E-state index contributed by atoms with van der Waals surface area (Å²) >= 11 is 0. The van der Waals surface area contributed by atoms with E-state index in [-0.39, 0.29) is 0 Å². The smallest absolute Gasteiger partial charge is 0.206 e. The Bertz CT molecular complexity index is 226. The second-order valence-electron chi connectivity index (χ2n) is 1.45. The molecule has 6 heteroatoms. The molecule has 0 aromatic rings. The van der Waals surface area contributed by atoms with Gasteiger partial charge in [0.15, 0.2) is 0 Å². The van der Waals surface area contributed by atoms with Crippen molar-refractivity contribution in [2.75, 3.05) is 12.5 Å². The molecule has 0 atom stereocenters. The summed E-state index contributed by atoms with van der Waals surface area (Å²) in [6.07, 6.45) is 2.32. The van der Waals surface area contributed by atoms with Crippen molar-refractivity contribution in [3.05, 3.63) is 0 Å². The molecule has 0 fully saturated rings. The zero-order chi connectivity index (χ0) is 8.08. The summed E-state index contributed by atoms with van der Waals surface area (Å²) in [5, 5.41) is 0. The topological polar surface area (TPSA) is 68.3 Å². The summed E-state index contributed by atoms with van der Waals surface area (Å²) in [4.78, 5) is 0. The van der Waals surface area contributed by atoms with Crippen molar-refractivity contribution in [2.45, 2.75) is 0 Å². The van der Waals surface area contributed by atoms with Crippen molar-refractivity contribution >= 4 is 26.0 Å². The maximum Gasteiger partial charge on any atom is 0.206 e. The third-order valence-corrected chi connectivity index (χ3v) is 0. The van der Waals surface area contributed by atoms with Crippen LogP contribution in [0, 0.1) is 0 Å². The minimum absolute atomic E-state index is 1.16. The number of hydrogen-bond donors (Lipinski definition) is 0. The van der Waals surface area contributed by atoms with Gasteiger partial charge in [-0.2, -0.15) is 8.42 Å². The van der Waals surface area contributed by atoms with Crippen LogP contribution in [0.4, 0.5) is 0 Å². The van der Waals surface area contributed by atoms with Crippen LogP contribution in [-0.4, -0.2) is 35.2 Å². The fraction of sp³-hybridized carbons (Fsp3) is 0.667. The Morgan fingerprint density at radius 3 is 1.22 bits per heavy atom. The largest absolute Gasteiger partial charge is 0.229 e. The molecule has 0 radical (unpaired) electrons. The van der Waals surface area contributed by atoms with Crippen LogP contribution in [-0.2, 0) is 20.1 Å². The van der Waals surface area contributed by atoms with Gasteiger partial charge in [-0.05, 0) is 0 Å². The molecule has 0 heterocycles. The second kappa shape index (κ2) is 4.51. The lowest BCUT2D eigenvalue weighted by molar-refractivity contribution is 0.607. The van der Waals surface area contributed by atoms with Crippen LogP contribution in [0.3, 0.4) is 0 Å². The first-order chi connectivity index (χ1) is 3.73. The van der Waals surface area contributed by atoms with E-state index in [1.165, 1.54) is 0 Å². The summed E-state index contributed by atoms with van der Waals surface area (Å²) in [5.74, 6) is 2.56. The van der Waals surface area contributed by atoms with E-state index in [2.05, 4.69) is 5.87 Å². The van der Waals surface area contributed by atoms with Crippen LogP contribution >= 0.6 is 0 Å². The van der Waals surface area contributed by atoms with E-state index in [1.54, 1.807) is 0 Å². The number of sulfone groups is 1. The Kier molecular flexibility index (Phi) is 5.73. The first kappa shape index (κ1) is 11.4. The SMILES string of the molecule is C=S(=O)=O.CS(C)(=O)=O. The monoisotopic (exact) mass is 172 g/mol. The van der Waals surface area contributed by atoms with Crippen LogP contribution in [0.1, 0.15) is 0 Å². The van der Waals surface area contributed by atoms with E-state index >= 15 is 0 Å². The highest BCUT2D eigenvalue weighted by Crippen LogP contribution is 1.61. The van der Waals surface area contributed by atoms with E-state index in [1.807, 2.05) is 0 Å². The van der Waals surface area contributed by atoms with Crippen molar-refractivity contribution in [3.8, 4) is 0 Å². The molecule has 9 heavy (non-hydrogen) atoms. The molecule has 56 valence electrons. The Labute approximate surface area is 56.0 Å². The maximum atomic E-state index is 9.63. The van der Waals surface area contributed by atoms with Crippen molar-refractivity contribution in [1.29, 1.82) is 0 Å². The third-order valence-electron chi connectivity index (χ3n) is 0. The average Bonchev–Trinajstić information content (AvgIpc) is 1.19. The molecule has 0 bridgehead atoms. The summed E-state index contributed by atoms with van der Waals surface area (Å²) in [6.45, 7) is 0. The van der Waals surface area contributed by atoms with Gasteiger partial charge in [-0.15, -0.1) is 0 Å². The van der Waals surface area contributed by atoms with E-state index < -0.39 is 20.1 Å². The van der Waals surface area contributed by atoms with Crippen molar-refractivity contribution < 1.29 is 16.8 Å². The van der Waals surface area contributed by atoms with Crippen LogP contribution in [0.5, 0.6) is 0 Å². The van der Waals surface area contributed by atoms with Gasteiger partial charge in [0.2, 0.25) is 10.3 Å². The lowest BCUT2D eigenvalue weighted by Crippen LogP contribution is -1.86. The molecule has 0 aliphatic rings. The molecular weight excluding hydrogens is 164 g/mol. The predicted octanol–water partition coefficient (Wildman–Crippen LogP) is -1.04. The van der Waals surface area contributed by atoms with Gasteiger partial charge >= 0.3 is 0 Å². The van der Waals surface area contributed by atoms with Crippen LogP contribution in [0.25, 0.3) is 0 Å². The van der Waals surface area contributed by atoms with Gasteiger partial charge in [-0.25, -0.2) is 8.42 Å². The minimum atomic E-state index is -2.67. The molecule has 0 unspecified atom stereocenters. The number of hydrogen-bond acceptors (Lipinski definition) is 4. The van der Waals surface area contributed by atoms with Crippen molar-refractivity contribution in [3.63, 3.8) is 0 Å². The molecule has 0 aromatic carbocycles. The van der Waals surface area contributed by atoms with Crippen LogP contribution in [0.2, 0.25) is 0 Å².